The first-order valence-electron chi connectivity index (χ1n) is 4.44. The molecule has 6 heteroatoms. The summed E-state index contributed by atoms with van der Waals surface area (Å²) in [6.45, 7) is 0.501. The molecule has 90 valence electrons. The molecule has 1 atom stereocenters. The van der Waals surface area contributed by atoms with Crippen LogP contribution in [0.5, 0.6) is 5.75 Å². The van der Waals surface area contributed by atoms with Gasteiger partial charge in [0.1, 0.15) is 11.8 Å². The maximum absolute atomic E-state index is 10.7. The van der Waals surface area contributed by atoms with Crippen molar-refractivity contribution in [2.75, 3.05) is 0 Å². The van der Waals surface area contributed by atoms with Crippen LogP contribution in [0.3, 0.4) is 0 Å². The summed E-state index contributed by atoms with van der Waals surface area (Å²) in [6, 6.07) is 4.53. The van der Waals surface area contributed by atoms with E-state index in [1.165, 1.54) is 0 Å². The zero-order valence-corrected chi connectivity index (χ0v) is 8.53. The number of phenols is 1. The highest BCUT2D eigenvalue weighted by Crippen LogP contribution is 2.21. The molecule has 1 heterocycles. The number of aromatic hydroxyl groups is 1. The highest BCUT2D eigenvalue weighted by Gasteiger charge is 2.23. The number of aliphatic carboxylic acids is 1. The van der Waals surface area contributed by atoms with Crippen molar-refractivity contribution < 1.29 is 26.0 Å². The number of hydrogen-bond donors (Lipinski definition) is 3. The molecule has 7 N–H and O–H groups in total. The van der Waals surface area contributed by atoms with Crippen molar-refractivity contribution in [3.05, 3.63) is 29.3 Å². The van der Waals surface area contributed by atoms with E-state index in [9.17, 15) is 9.90 Å². The van der Waals surface area contributed by atoms with Crippen molar-refractivity contribution in [2.24, 2.45) is 0 Å². The molecule has 0 radical (unpaired) electrons. The van der Waals surface area contributed by atoms with Crippen LogP contribution in [0.2, 0.25) is 0 Å². The molecule has 1 aromatic rings. The molecule has 0 bridgehead atoms. The quantitative estimate of drug-likeness (QED) is 0.560. The van der Waals surface area contributed by atoms with Crippen molar-refractivity contribution in [3.63, 3.8) is 0 Å². The van der Waals surface area contributed by atoms with Gasteiger partial charge in [-0.15, -0.1) is 0 Å². The van der Waals surface area contributed by atoms with Crippen LogP contribution in [0.15, 0.2) is 18.2 Å². The Hall–Kier alpha value is -1.63. The first kappa shape index (κ1) is 14.4. The fourth-order valence-corrected chi connectivity index (χ4v) is 1.68. The Morgan fingerprint density at radius 3 is 2.62 bits per heavy atom. The van der Waals surface area contributed by atoms with E-state index in [0.29, 0.717) is 13.0 Å². The first-order chi connectivity index (χ1) is 6.66. The van der Waals surface area contributed by atoms with Gasteiger partial charge >= 0.3 is 5.97 Å². The van der Waals surface area contributed by atoms with Gasteiger partial charge in [0.2, 0.25) is 0 Å². The highest BCUT2D eigenvalue weighted by atomic mass is 16.4. The Labute approximate surface area is 92.1 Å². The third-order valence-corrected chi connectivity index (χ3v) is 2.45. The third kappa shape index (κ3) is 2.69. The van der Waals surface area contributed by atoms with Gasteiger partial charge in [-0.05, 0) is 29.7 Å². The van der Waals surface area contributed by atoms with E-state index in [0.717, 1.165) is 11.1 Å². The molecule has 1 aliphatic heterocycles. The molecule has 0 saturated heterocycles. The number of nitrogens with one attached hydrogen (secondary N) is 1. The minimum absolute atomic E-state index is 0. The molecule has 1 aromatic carbocycles. The molecule has 0 unspecified atom stereocenters. The second-order valence-electron chi connectivity index (χ2n) is 3.43. The zero-order valence-electron chi connectivity index (χ0n) is 8.53. The monoisotopic (exact) mass is 229 g/mol. The van der Waals surface area contributed by atoms with Crippen molar-refractivity contribution in [2.45, 2.75) is 19.0 Å². The number of phenolic OH excluding ortho intramolecular Hbond substituents is 1. The van der Waals surface area contributed by atoms with Crippen LogP contribution in [0.1, 0.15) is 11.1 Å². The van der Waals surface area contributed by atoms with Crippen molar-refractivity contribution in [1.29, 1.82) is 0 Å². The number of carboxylic acids is 1. The lowest BCUT2D eigenvalue weighted by Crippen LogP contribution is -2.41. The van der Waals surface area contributed by atoms with E-state index in [4.69, 9.17) is 5.11 Å². The SMILES string of the molecule is O.O.O=C(O)[C@H]1Cc2ccc(O)cc2CN1. The average Bonchev–Trinajstić information content (AvgIpc) is 2.16. The molecular formula is C10H15NO5. The maximum atomic E-state index is 10.7. The van der Waals surface area contributed by atoms with Crippen LogP contribution in [-0.4, -0.2) is 33.2 Å². The average molecular weight is 229 g/mol. The Morgan fingerprint density at radius 2 is 2.00 bits per heavy atom. The van der Waals surface area contributed by atoms with Crippen molar-refractivity contribution in [1.82, 2.24) is 5.32 Å². The fourth-order valence-electron chi connectivity index (χ4n) is 1.68. The summed E-state index contributed by atoms with van der Waals surface area (Å²) in [5, 5.41) is 20.9. The molecule has 0 aromatic heterocycles. The van der Waals surface area contributed by atoms with Crippen LogP contribution in [0.25, 0.3) is 0 Å². The molecule has 6 nitrogen and oxygen atoms in total. The van der Waals surface area contributed by atoms with Gasteiger partial charge in [-0.25, -0.2) is 0 Å². The zero-order chi connectivity index (χ0) is 10.1. The summed E-state index contributed by atoms with van der Waals surface area (Å²) in [6.07, 6.45) is 0.477. The summed E-state index contributed by atoms with van der Waals surface area (Å²) in [4.78, 5) is 10.7. The lowest BCUT2D eigenvalue weighted by atomic mass is 9.96. The van der Waals surface area contributed by atoms with Gasteiger partial charge in [0.05, 0.1) is 0 Å². The van der Waals surface area contributed by atoms with E-state index >= 15 is 0 Å². The number of carboxylic acid groups (broad SMARTS) is 1. The number of benzene rings is 1. The minimum Gasteiger partial charge on any atom is -0.508 e. The van der Waals surface area contributed by atoms with Crippen LogP contribution in [0, 0.1) is 0 Å². The van der Waals surface area contributed by atoms with E-state index in [1.54, 1.807) is 18.2 Å². The Balaban J connectivity index is 0.00000112. The van der Waals surface area contributed by atoms with Crippen LogP contribution >= 0.6 is 0 Å². The number of fused-ring (bicyclic) bond motifs is 1. The maximum Gasteiger partial charge on any atom is 0.321 e. The van der Waals surface area contributed by atoms with Gasteiger partial charge < -0.3 is 26.5 Å². The van der Waals surface area contributed by atoms with E-state index in [1.807, 2.05) is 0 Å². The van der Waals surface area contributed by atoms with E-state index in [-0.39, 0.29) is 16.7 Å². The predicted octanol–water partition coefficient (Wildman–Crippen LogP) is -1.16. The van der Waals surface area contributed by atoms with Crippen LogP contribution in [-0.2, 0) is 17.8 Å². The Bertz CT molecular complexity index is 379. The van der Waals surface area contributed by atoms with Crippen molar-refractivity contribution >= 4 is 5.97 Å². The van der Waals surface area contributed by atoms with Gasteiger partial charge in [-0.2, -0.15) is 0 Å². The predicted molar refractivity (Wildman–Crippen MR) is 57.3 cm³/mol. The standard InChI is InChI=1S/C10H11NO3.2H2O/c12-8-2-1-6-4-9(10(13)14)11-5-7(6)3-8;;/h1-3,9,11-12H,4-5H2,(H,13,14);2*1H2/t9-;;/m1../s1. The first-order valence-corrected chi connectivity index (χ1v) is 4.44. The summed E-state index contributed by atoms with van der Waals surface area (Å²) in [5.74, 6) is -0.608. The van der Waals surface area contributed by atoms with Gasteiger partial charge in [0.25, 0.3) is 0 Å². The molecule has 0 amide bonds. The molecule has 0 fully saturated rings. The van der Waals surface area contributed by atoms with Gasteiger partial charge in [-0.1, -0.05) is 6.07 Å². The molecule has 2 rings (SSSR count). The third-order valence-electron chi connectivity index (χ3n) is 2.45. The smallest absolute Gasteiger partial charge is 0.321 e. The number of carbonyl (C=O) groups is 1. The van der Waals surface area contributed by atoms with Gasteiger partial charge in [0, 0.05) is 6.54 Å². The second kappa shape index (κ2) is 5.45. The minimum atomic E-state index is -0.830. The van der Waals surface area contributed by atoms with Crippen molar-refractivity contribution in [3.8, 4) is 5.75 Å². The topological polar surface area (TPSA) is 133 Å². The normalized spacial score (nSPS) is 17.6. The summed E-state index contributed by atoms with van der Waals surface area (Å²) in [7, 11) is 0. The molecular weight excluding hydrogens is 214 g/mol. The van der Waals surface area contributed by atoms with Gasteiger partial charge in [0.15, 0.2) is 0 Å². The Kier molecular flexibility index (Phi) is 4.90. The molecule has 16 heavy (non-hydrogen) atoms. The molecule has 0 spiro atoms. The lowest BCUT2D eigenvalue weighted by molar-refractivity contribution is -0.139. The highest BCUT2D eigenvalue weighted by molar-refractivity contribution is 5.74. The molecule has 0 aliphatic carbocycles. The number of rotatable bonds is 1. The molecule has 1 aliphatic rings. The van der Waals surface area contributed by atoms with Crippen LogP contribution in [0.4, 0.5) is 0 Å². The lowest BCUT2D eigenvalue weighted by Gasteiger charge is -2.22. The summed E-state index contributed by atoms with van der Waals surface area (Å²) in [5.41, 5.74) is 1.97. The second-order valence-corrected chi connectivity index (χ2v) is 3.43. The Morgan fingerprint density at radius 1 is 1.31 bits per heavy atom. The summed E-state index contributed by atoms with van der Waals surface area (Å²) < 4.78 is 0. The van der Waals surface area contributed by atoms with E-state index in [2.05, 4.69) is 5.32 Å². The van der Waals surface area contributed by atoms with Gasteiger partial charge in [-0.3, -0.25) is 4.79 Å². The fraction of sp³-hybridized carbons (Fsp3) is 0.300. The largest absolute Gasteiger partial charge is 0.508 e. The van der Waals surface area contributed by atoms with E-state index < -0.39 is 12.0 Å². The molecule has 0 saturated carbocycles. The van der Waals surface area contributed by atoms with Crippen LogP contribution < -0.4 is 5.32 Å². The summed E-state index contributed by atoms with van der Waals surface area (Å²) >= 11 is 0. The number of hydrogen-bond acceptors (Lipinski definition) is 3.